The second kappa shape index (κ2) is 6.59. The van der Waals surface area contributed by atoms with Gasteiger partial charge < -0.3 is 5.32 Å². The first-order valence-electron chi connectivity index (χ1n) is 6.77. The van der Waals surface area contributed by atoms with Crippen LogP contribution in [0.5, 0.6) is 0 Å². The van der Waals surface area contributed by atoms with Crippen LogP contribution >= 0.6 is 11.6 Å². The molecule has 0 saturated carbocycles. The Morgan fingerprint density at radius 2 is 1.90 bits per heavy atom. The fraction of sp³-hybridized carbons (Fsp3) is 0.250. The molecule has 4 nitrogen and oxygen atoms in total. The van der Waals surface area contributed by atoms with Crippen LogP contribution in [0.3, 0.4) is 0 Å². The summed E-state index contributed by atoms with van der Waals surface area (Å²) in [6.07, 6.45) is 0.646. The van der Waals surface area contributed by atoms with Crippen molar-refractivity contribution >= 4 is 23.0 Å². The zero-order valence-electron chi connectivity index (χ0n) is 12.0. The first kappa shape index (κ1) is 15.3. The Balaban J connectivity index is 2.16. The van der Waals surface area contributed by atoms with Crippen molar-refractivity contribution in [1.29, 1.82) is 0 Å². The van der Waals surface area contributed by atoms with E-state index in [0.717, 1.165) is 22.4 Å². The fourth-order valence-electron chi connectivity index (χ4n) is 2.20. The van der Waals surface area contributed by atoms with Crippen LogP contribution in [0.1, 0.15) is 23.6 Å². The van der Waals surface area contributed by atoms with Crippen LogP contribution in [-0.2, 0) is 13.0 Å². The van der Waals surface area contributed by atoms with Crippen molar-refractivity contribution in [3.05, 3.63) is 68.2 Å². The highest BCUT2D eigenvalue weighted by atomic mass is 35.5. The number of aryl methyl sites for hydroxylation is 2. The molecule has 0 radical (unpaired) electrons. The molecule has 0 bridgehead atoms. The topological polar surface area (TPSA) is 55.2 Å². The number of halogens is 1. The summed E-state index contributed by atoms with van der Waals surface area (Å²) < 4.78 is 0. The minimum absolute atomic E-state index is 0.162. The molecule has 1 N–H and O–H groups in total. The third kappa shape index (κ3) is 3.73. The van der Waals surface area contributed by atoms with E-state index in [1.807, 2.05) is 38.1 Å². The second-order valence-corrected chi connectivity index (χ2v) is 5.31. The van der Waals surface area contributed by atoms with E-state index in [1.54, 1.807) is 12.1 Å². The van der Waals surface area contributed by atoms with Gasteiger partial charge in [-0.25, -0.2) is 0 Å². The Morgan fingerprint density at radius 1 is 1.19 bits per heavy atom. The Bertz CT molecular complexity index is 671. The summed E-state index contributed by atoms with van der Waals surface area (Å²) in [5, 5.41) is 15.0. The van der Waals surface area contributed by atoms with E-state index in [-0.39, 0.29) is 10.6 Å². The molecule has 0 unspecified atom stereocenters. The summed E-state index contributed by atoms with van der Waals surface area (Å²) in [5.41, 5.74) is 3.85. The van der Waals surface area contributed by atoms with Gasteiger partial charge in [0, 0.05) is 28.9 Å². The molecule has 0 aromatic heterocycles. The van der Waals surface area contributed by atoms with Crippen LogP contribution in [0.15, 0.2) is 36.4 Å². The van der Waals surface area contributed by atoms with Gasteiger partial charge in [0.05, 0.1) is 4.92 Å². The predicted octanol–water partition coefficient (Wildman–Crippen LogP) is 4.73. The van der Waals surface area contributed by atoms with E-state index >= 15 is 0 Å². The molecule has 0 fully saturated rings. The molecule has 2 aromatic carbocycles. The number of nitrogens with one attached hydrogen (secondary N) is 1. The molecule has 21 heavy (non-hydrogen) atoms. The van der Waals surface area contributed by atoms with Crippen molar-refractivity contribution in [2.45, 2.75) is 26.8 Å². The number of hydrogen-bond donors (Lipinski definition) is 1. The lowest BCUT2D eigenvalue weighted by molar-refractivity contribution is -0.385. The second-order valence-electron chi connectivity index (χ2n) is 4.88. The van der Waals surface area contributed by atoms with E-state index in [4.69, 9.17) is 11.6 Å². The van der Waals surface area contributed by atoms with Gasteiger partial charge in [0.15, 0.2) is 0 Å². The molecular weight excluding hydrogens is 288 g/mol. The average molecular weight is 305 g/mol. The van der Waals surface area contributed by atoms with Crippen molar-refractivity contribution in [2.75, 3.05) is 5.32 Å². The lowest BCUT2D eigenvalue weighted by Gasteiger charge is -2.10. The Kier molecular flexibility index (Phi) is 4.81. The van der Waals surface area contributed by atoms with Gasteiger partial charge in [-0.2, -0.15) is 0 Å². The van der Waals surface area contributed by atoms with Crippen molar-refractivity contribution < 1.29 is 4.92 Å². The lowest BCUT2D eigenvalue weighted by atomic mass is 10.1. The summed E-state index contributed by atoms with van der Waals surface area (Å²) in [4.78, 5) is 10.7. The van der Waals surface area contributed by atoms with Crippen LogP contribution < -0.4 is 5.32 Å². The van der Waals surface area contributed by atoms with Gasteiger partial charge in [0.2, 0.25) is 0 Å². The van der Waals surface area contributed by atoms with Crippen molar-refractivity contribution in [3.8, 4) is 0 Å². The Labute approximate surface area is 128 Å². The molecule has 0 aliphatic rings. The first-order chi connectivity index (χ1) is 10.0. The zero-order chi connectivity index (χ0) is 15.4. The van der Waals surface area contributed by atoms with Gasteiger partial charge in [-0.1, -0.05) is 30.7 Å². The van der Waals surface area contributed by atoms with Gasteiger partial charge >= 0.3 is 0 Å². The predicted molar refractivity (Wildman–Crippen MR) is 86.0 cm³/mol. The number of nitro groups is 1. The quantitative estimate of drug-likeness (QED) is 0.641. The number of anilines is 1. The molecule has 0 atom stereocenters. The number of benzene rings is 2. The Hall–Kier alpha value is -2.07. The van der Waals surface area contributed by atoms with E-state index in [2.05, 4.69) is 5.32 Å². The minimum atomic E-state index is -0.336. The summed E-state index contributed by atoms with van der Waals surface area (Å²) in [6, 6.07) is 11.0. The largest absolute Gasteiger partial charge is 0.381 e. The molecule has 0 heterocycles. The number of hydrogen-bond acceptors (Lipinski definition) is 3. The summed E-state index contributed by atoms with van der Waals surface area (Å²) in [7, 11) is 0. The van der Waals surface area contributed by atoms with E-state index in [0.29, 0.717) is 18.0 Å². The van der Waals surface area contributed by atoms with Crippen molar-refractivity contribution in [1.82, 2.24) is 0 Å². The number of rotatable bonds is 5. The zero-order valence-corrected chi connectivity index (χ0v) is 12.8. The van der Waals surface area contributed by atoms with E-state index in [1.165, 1.54) is 0 Å². The fourth-order valence-corrected chi connectivity index (χ4v) is 2.42. The minimum Gasteiger partial charge on any atom is -0.381 e. The van der Waals surface area contributed by atoms with Gasteiger partial charge in [-0.3, -0.25) is 10.1 Å². The molecule has 0 aliphatic heterocycles. The lowest BCUT2D eigenvalue weighted by Crippen LogP contribution is -2.03. The SMILES string of the molecule is CCc1ccc(NCc2ccc(Cl)cc2C)cc1[N+](=O)[O-]. The highest BCUT2D eigenvalue weighted by Gasteiger charge is 2.12. The maximum atomic E-state index is 11.1. The van der Waals surface area contributed by atoms with Crippen LogP contribution in [0, 0.1) is 17.0 Å². The maximum absolute atomic E-state index is 11.1. The molecule has 2 aromatic rings. The van der Waals surface area contributed by atoms with Crippen LogP contribution in [0.4, 0.5) is 11.4 Å². The molecule has 2 rings (SSSR count). The summed E-state index contributed by atoms with van der Waals surface area (Å²) in [6.45, 7) is 4.50. The summed E-state index contributed by atoms with van der Waals surface area (Å²) >= 11 is 5.93. The molecule has 0 aliphatic carbocycles. The maximum Gasteiger partial charge on any atom is 0.274 e. The monoisotopic (exact) mass is 304 g/mol. The number of nitro benzene ring substituents is 1. The Morgan fingerprint density at radius 3 is 2.52 bits per heavy atom. The van der Waals surface area contributed by atoms with Gasteiger partial charge in [-0.05, 0) is 42.7 Å². The molecular formula is C16H17ClN2O2. The normalized spacial score (nSPS) is 10.4. The van der Waals surface area contributed by atoms with Crippen LogP contribution in [0.2, 0.25) is 5.02 Å². The molecule has 0 amide bonds. The highest BCUT2D eigenvalue weighted by Crippen LogP contribution is 2.24. The molecule has 0 saturated heterocycles. The van der Waals surface area contributed by atoms with Gasteiger partial charge in [0.1, 0.15) is 0 Å². The smallest absolute Gasteiger partial charge is 0.274 e. The van der Waals surface area contributed by atoms with Crippen LogP contribution in [0.25, 0.3) is 0 Å². The van der Waals surface area contributed by atoms with Crippen molar-refractivity contribution in [3.63, 3.8) is 0 Å². The van der Waals surface area contributed by atoms with Gasteiger partial charge in [-0.15, -0.1) is 0 Å². The molecule has 0 spiro atoms. The summed E-state index contributed by atoms with van der Waals surface area (Å²) in [5.74, 6) is 0. The van der Waals surface area contributed by atoms with E-state index in [9.17, 15) is 10.1 Å². The first-order valence-corrected chi connectivity index (χ1v) is 7.15. The molecule has 110 valence electrons. The van der Waals surface area contributed by atoms with Gasteiger partial charge in [0.25, 0.3) is 5.69 Å². The van der Waals surface area contributed by atoms with Crippen LogP contribution in [-0.4, -0.2) is 4.92 Å². The third-order valence-corrected chi connectivity index (χ3v) is 3.69. The van der Waals surface area contributed by atoms with Crippen molar-refractivity contribution in [2.24, 2.45) is 0 Å². The molecule has 5 heteroatoms. The number of nitrogens with zero attached hydrogens (tertiary/aromatic N) is 1. The third-order valence-electron chi connectivity index (χ3n) is 3.45. The standard InChI is InChI=1S/C16H17ClN2O2/c1-3-12-5-7-15(9-16(12)19(20)21)18-10-13-4-6-14(17)8-11(13)2/h4-9,18H,3,10H2,1-2H3. The van der Waals surface area contributed by atoms with E-state index < -0.39 is 0 Å². The average Bonchev–Trinajstić information content (AvgIpc) is 2.46. The highest BCUT2D eigenvalue weighted by molar-refractivity contribution is 6.30.